The normalized spacial score (nSPS) is 11.9. The number of benzene rings is 2. The Kier molecular flexibility index (Phi) is 5.67. The summed E-state index contributed by atoms with van der Waals surface area (Å²) in [5.74, 6) is 0.997. The quantitative estimate of drug-likeness (QED) is 0.597. The third kappa shape index (κ3) is 4.69. The predicted octanol–water partition coefficient (Wildman–Crippen LogP) is 2.55. The summed E-state index contributed by atoms with van der Waals surface area (Å²) in [6.45, 7) is 6.58. The van der Waals surface area contributed by atoms with Crippen LogP contribution >= 0.6 is 0 Å². The molecule has 0 aliphatic heterocycles. The van der Waals surface area contributed by atoms with E-state index in [-0.39, 0.29) is 0 Å². The molecular weight excluding hydrogens is 319 g/mol. The molecular formula is C19H23BO5. The van der Waals surface area contributed by atoms with E-state index in [1.165, 1.54) is 6.07 Å². The number of ether oxygens (including phenoxy) is 1. The highest BCUT2D eigenvalue weighted by molar-refractivity contribution is 6.60. The van der Waals surface area contributed by atoms with Gasteiger partial charge in [-0.1, -0.05) is 24.3 Å². The Hall–Kier alpha value is -2.15. The van der Waals surface area contributed by atoms with Crippen LogP contribution in [-0.4, -0.2) is 34.7 Å². The summed E-state index contributed by atoms with van der Waals surface area (Å²) in [4.78, 5) is 11.4. The second-order valence-corrected chi connectivity index (χ2v) is 6.87. The van der Waals surface area contributed by atoms with Gasteiger partial charge in [-0.3, -0.25) is 4.79 Å². The lowest BCUT2D eigenvalue weighted by molar-refractivity contribution is -0.0982. The van der Waals surface area contributed by atoms with Crippen molar-refractivity contribution in [2.24, 2.45) is 0 Å². The Balaban J connectivity index is 2.22. The van der Waals surface area contributed by atoms with Gasteiger partial charge in [0.25, 0.3) is 0 Å². The van der Waals surface area contributed by atoms with Gasteiger partial charge in [0.1, 0.15) is 11.5 Å². The van der Waals surface area contributed by atoms with Gasteiger partial charge in [-0.15, -0.1) is 0 Å². The van der Waals surface area contributed by atoms with Crippen LogP contribution in [0.1, 0.15) is 38.1 Å². The van der Waals surface area contributed by atoms with Crippen molar-refractivity contribution in [3.05, 3.63) is 54.1 Å². The summed E-state index contributed by atoms with van der Waals surface area (Å²) in [6, 6.07) is 13.8. The number of aliphatic hydroxyl groups is 1. The van der Waals surface area contributed by atoms with Gasteiger partial charge < -0.3 is 19.5 Å². The highest BCUT2D eigenvalue weighted by Gasteiger charge is 2.39. The fourth-order valence-electron chi connectivity index (χ4n) is 2.01. The first-order chi connectivity index (χ1) is 11.6. The Morgan fingerprint density at radius 1 is 1.04 bits per heavy atom. The number of carbonyl (C=O) groups excluding carboxylic acids is 1. The Bertz CT molecular complexity index is 722. The van der Waals surface area contributed by atoms with Crippen molar-refractivity contribution in [2.45, 2.75) is 38.9 Å². The van der Waals surface area contributed by atoms with Gasteiger partial charge in [-0.05, 0) is 57.4 Å². The van der Waals surface area contributed by atoms with Gasteiger partial charge >= 0.3 is 7.12 Å². The van der Waals surface area contributed by atoms with Crippen molar-refractivity contribution < 1.29 is 24.3 Å². The summed E-state index contributed by atoms with van der Waals surface area (Å²) in [5.41, 5.74) is -1.45. The predicted molar refractivity (Wildman–Crippen MR) is 97.4 cm³/mol. The molecule has 0 aliphatic rings. The molecule has 0 spiro atoms. The minimum Gasteiger partial charge on any atom is -0.457 e. The van der Waals surface area contributed by atoms with Crippen molar-refractivity contribution in [3.8, 4) is 11.5 Å². The van der Waals surface area contributed by atoms with E-state index in [0.717, 1.165) is 0 Å². The van der Waals surface area contributed by atoms with Gasteiger partial charge in [0.05, 0.1) is 16.8 Å². The molecule has 0 aromatic heterocycles. The molecule has 132 valence electrons. The first-order valence-electron chi connectivity index (χ1n) is 8.04. The van der Waals surface area contributed by atoms with Crippen molar-refractivity contribution in [1.29, 1.82) is 0 Å². The molecule has 0 heterocycles. The van der Waals surface area contributed by atoms with Crippen LogP contribution in [-0.2, 0) is 4.65 Å². The van der Waals surface area contributed by atoms with E-state index in [1.807, 2.05) is 18.2 Å². The highest BCUT2D eigenvalue weighted by Crippen LogP contribution is 2.26. The second-order valence-electron chi connectivity index (χ2n) is 6.87. The maximum absolute atomic E-state index is 11.4. The molecule has 0 radical (unpaired) electrons. The van der Waals surface area contributed by atoms with Crippen LogP contribution in [0.25, 0.3) is 0 Å². The maximum Gasteiger partial charge on any atom is 0.491 e. The topological polar surface area (TPSA) is 76.0 Å². The number of rotatable bonds is 7. The third-order valence-electron chi connectivity index (χ3n) is 4.30. The van der Waals surface area contributed by atoms with E-state index in [2.05, 4.69) is 0 Å². The minimum absolute atomic E-state index is 0.296. The van der Waals surface area contributed by atoms with Crippen LogP contribution in [0.15, 0.2) is 48.5 Å². The van der Waals surface area contributed by atoms with Crippen molar-refractivity contribution in [2.75, 3.05) is 0 Å². The molecule has 0 aliphatic carbocycles. The number of para-hydroxylation sites is 1. The summed E-state index contributed by atoms with van der Waals surface area (Å²) in [6.07, 6.45) is 0.662. The molecule has 5 nitrogen and oxygen atoms in total. The van der Waals surface area contributed by atoms with Gasteiger partial charge in [0.15, 0.2) is 6.29 Å². The van der Waals surface area contributed by atoms with Crippen molar-refractivity contribution >= 4 is 18.9 Å². The fraction of sp³-hybridized carbons (Fsp3) is 0.316. The van der Waals surface area contributed by atoms with Gasteiger partial charge in [0, 0.05) is 0 Å². The van der Waals surface area contributed by atoms with E-state index in [1.54, 1.807) is 52.0 Å². The number of hydrogen-bond donors (Lipinski definition) is 2. The highest BCUT2D eigenvalue weighted by atomic mass is 16.5. The minimum atomic E-state index is -1.29. The summed E-state index contributed by atoms with van der Waals surface area (Å²) < 4.78 is 11.3. The molecule has 0 saturated carbocycles. The smallest absolute Gasteiger partial charge is 0.457 e. The lowest BCUT2D eigenvalue weighted by Gasteiger charge is -2.38. The van der Waals surface area contributed by atoms with E-state index in [4.69, 9.17) is 9.39 Å². The average Bonchev–Trinajstić information content (AvgIpc) is 2.54. The first kappa shape index (κ1) is 19.2. The maximum atomic E-state index is 11.4. The summed E-state index contributed by atoms with van der Waals surface area (Å²) in [7, 11) is -1.29. The van der Waals surface area contributed by atoms with E-state index in [9.17, 15) is 14.9 Å². The zero-order chi connectivity index (χ0) is 18.7. The first-order valence-corrected chi connectivity index (χ1v) is 8.04. The monoisotopic (exact) mass is 342 g/mol. The zero-order valence-electron chi connectivity index (χ0n) is 14.9. The molecule has 0 fully saturated rings. The molecule has 0 bridgehead atoms. The molecule has 25 heavy (non-hydrogen) atoms. The number of carbonyl (C=O) groups is 1. The standard InChI is InChI=1S/C19H23BO5/c1-18(2,22)19(3,4)25-20(23)15-10-11-17(14(12-15)13-21)24-16-8-6-5-7-9-16/h5-13,22-23H,1-4H3. The Morgan fingerprint density at radius 2 is 1.68 bits per heavy atom. The number of aldehydes is 1. The Morgan fingerprint density at radius 3 is 2.24 bits per heavy atom. The van der Waals surface area contributed by atoms with Crippen LogP contribution in [0, 0.1) is 0 Å². The van der Waals surface area contributed by atoms with E-state index >= 15 is 0 Å². The van der Waals surface area contributed by atoms with Crippen LogP contribution < -0.4 is 10.2 Å². The molecule has 2 aromatic carbocycles. The summed E-state index contributed by atoms with van der Waals surface area (Å²) >= 11 is 0. The van der Waals surface area contributed by atoms with Crippen molar-refractivity contribution in [3.63, 3.8) is 0 Å². The zero-order valence-corrected chi connectivity index (χ0v) is 14.9. The van der Waals surface area contributed by atoms with E-state index < -0.39 is 18.3 Å². The lowest BCUT2D eigenvalue weighted by atomic mass is 9.76. The lowest BCUT2D eigenvalue weighted by Crippen LogP contribution is -2.53. The van der Waals surface area contributed by atoms with Crippen LogP contribution in [0.3, 0.4) is 0 Å². The van der Waals surface area contributed by atoms with Crippen molar-refractivity contribution in [1.82, 2.24) is 0 Å². The van der Waals surface area contributed by atoms with E-state index in [0.29, 0.717) is 28.8 Å². The van der Waals surface area contributed by atoms with Gasteiger partial charge in [-0.25, -0.2) is 0 Å². The molecule has 0 amide bonds. The number of hydrogen-bond acceptors (Lipinski definition) is 5. The third-order valence-corrected chi connectivity index (χ3v) is 4.30. The summed E-state index contributed by atoms with van der Waals surface area (Å²) in [5, 5.41) is 20.5. The molecule has 0 atom stereocenters. The molecule has 2 N–H and O–H groups in total. The van der Waals surface area contributed by atoms with Gasteiger partial charge in [0.2, 0.25) is 0 Å². The van der Waals surface area contributed by atoms with Crippen LogP contribution in [0.2, 0.25) is 0 Å². The molecule has 2 aromatic rings. The van der Waals surface area contributed by atoms with Crippen LogP contribution in [0.4, 0.5) is 0 Å². The van der Waals surface area contributed by atoms with Crippen LogP contribution in [0.5, 0.6) is 11.5 Å². The molecule has 0 saturated heterocycles. The van der Waals surface area contributed by atoms with Gasteiger partial charge in [-0.2, -0.15) is 0 Å². The SMILES string of the molecule is CC(C)(O)C(C)(C)OB(O)c1ccc(Oc2ccccc2)c(C=O)c1. The largest absolute Gasteiger partial charge is 0.491 e. The molecule has 0 unspecified atom stereocenters. The molecule has 2 rings (SSSR count). The fourth-order valence-corrected chi connectivity index (χ4v) is 2.01. The average molecular weight is 342 g/mol. The molecule has 6 heteroatoms. The Labute approximate surface area is 148 Å². The second kappa shape index (κ2) is 7.39.